The normalized spacial score (nSPS) is 10.6. The second kappa shape index (κ2) is 4.36. The van der Waals surface area contributed by atoms with E-state index in [4.69, 9.17) is 0 Å². The first-order chi connectivity index (χ1) is 6.50. The molecule has 0 saturated heterocycles. The largest absolute Gasteiger partial charge is 0.299 e. The Morgan fingerprint density at radius 2 is 2.07 bits per heavy atom. The zero-order valence-electron chi connectivity index (χ0n) is 8.80. The molecule has 0 fully saturated rings. The standard InChI is InChI=1S/C12H15FO/c1-8(2)12(14)7-10-5-4-9(3)11(13)6-10/h4-6,8H,7H2,1-3H3. The van der Waals surface area contributed by atoms with Crippen molar-refractivity contribution in [1.29, 1.82) is 0 Å². The lowest BCUT2D eigenvalue weighted by molar-refractivity contribution is -0.121. The summed E-state index contributed by atoms with van der Waals surface area (Å²) in [7, 11) is 0. The van der Waals surface area contributed by atoms with Crippen molar-refractivity contribution in [3.63, 3.8) is 0 Å². The van der Waals surface area contributed by atoms with Gasteiger partial charge < -0.3 is 0 Å². The second-order valence-electron chi connectivity index (χ2n) is 3.88. The minimum atomic E-state index is -0.237. The molecule has 0 aliphatic rings. The highest BCUT2D eigenvalue weighted by Crippen LogP contribution is 2.11. The number of Topliss-reactive ketones (excluding diaryl/α,β-unsaturated/α-hetero) is 1. The van der Waals surface area contributed by atoms with Crippen molar-refractivity contribution in [2.45, 2.75) is 27.2 Å². The van der Waals surface area contributed by atoms with Gasteiger partial charge in [-0.05, 0) is 24.1 Å². The van der Waals surface area contributed by atoms with Crippen LogP contribution in [0.25, 0.3) is 0 Å². The van der Waals surface area contributed by atoms with Crippen molar-refractivity contribution in [3.8, 4) is 0 Å². The Balaban J connectivity index is 2.78. The minimum Gasteiger partial charge on any atom is -0.299 e. The zero-order chi connectivity index (χ0) is 10.7. The van der Waals surface area contributed by atoms with Gasteiger partial charge in [-0.15, -0.1) is 0 Å². The van der Waals surface area contributed by atoms with E-state index in [0.717, 1.165) is 5.56 Å². The van der Waals surface area contributed by atoms with Crippen molar-refractivity contribution >= 4 is 5.78 Å². The zero-order valence-corrected chi connectivity index (χ0v) is 8.80. The third-order valence-electron chi connectivity index (χ3n) is 2.26. The van der Waals surface area contributed by atoms with Crippen molar-refractivity contribution in [1.82, 2.24) is 0 Å². The summed E-state index contributed by atoms with van der Waals surface area (Å²) in [6.07, 6.45) is 0.328. The van der Waals surface area contributed by atoms with Crippen LogP contribution in [0.2, 0.25) is 0 Å². The fourth-order valence-electron chi connectivity index (χ4n) is 1.15. The molecule has 0 aliphatic heterocycles. The molecule has 76 valence electrons. The van der Waals surface area contributed by atoms with Gasteiger partial charge in [0.2, 0.25) is 0 Å². The fourth-order valence-corrected chi connectivity index (χ4v) is 1.15. The lowest BCUT2D eigenvalue weighted by atomic mass is 10.0. The highest BCUT2D eigenvalue weighted by molar-refractivity contribution is 5.82. The van der Waals surface area contributed by atoms with Gasteiger partial charge in [0, 0.05) is 12.3 Å². The average Bonchev–Trinajstić information content (AvgIpc) is 2.11. The molecule has 1 nitrogen and oxygen atoms in total. The van der Waals surface area contributed by atoms with E-state index >= 15 is 0 Å². The van der Waals surface area contributed by atoms with Crippen LogP contribution in [0.4, 0.5) is 4.39 Å². The molecule has 0 aliphatic carbocycles. The Morgan fingerprint density at radius 3 is 2.57 bits per heavy atom. The number of carbonyl (C=O) groups excluding carboxylic acids is 1. The van der Waals surface area contributed by atoms with Crippen molar-refractivity contribution in [3.05, 3.63) is 35.1 Å². The third-order valence-corrected chi connectivity index (χ3v) is 2.26. The number of hydrogen-bond acceptors (Lipinski definition) is 1. The first-order valence-corrected chi connectivity index (χ1v) is 4.78. The first kappa shape index (κ1) is 10.9. The predicted octanol–water partition coefficient (Wildman–Crippen LogP) is 2.90. The van der Waals surface area contributed by atoms with E-state index in [1.165, 1.54) is 6.07 Å². The monoisotopic (exact) mass is 194 g/mol. The van der Waals surface area contributed by atoms with Gasteiger partial charge in [0.1, 0.15) is 11.6 Å². The van der Waals surface area contributed by atoms with E-state index in [1.807, 2.05) is 13.8 Å². The van der Waals surface area contributed by atoms with Crippen LogP contribution in [0.15, 0.2) is 18.2 Å². The molecule has 1 aromatic carbocycles. The number of aryl methyl sites for hydroxylation is 1. The Bertz CT molecular complexity index is 342. The molecule has 2 heteroatoms. The summed E-state index contributed by atoms with van der Waals surface area (Å²) in [5.74, 6) is -0.0772. The third kappa shape index (κ3) is 2.66. The number of halogens is 1. The summed E-state index contributed by atoms with van der Waals surface area (Å²) in [5, 5.41) is 0. The van der Waals surface area contributed by atoms with Crippen LogP contribution in [0.5, 0.6) is 0 Å². The number of benzene rings is 1. The van der Waals surface area contributed by atoms with Gasteiger partial charge in [-0.3, -0.25) is 4.79 Å². The fraction of sp³-hybridized carbons (Fsp3) is 0.417. The number of carbonyl (C=O) groups is 1. The minimum absolute atomic E-state index is 0.0133. The van der Waals surface area contributed by atoms with E-state index < -0.39 is 0 Å². The van der Waals surface area contributed by atoms with Gasteiger partial charge >= 0.3 is 0 Å². The molecule has 1 rings (SSSR count). The maximum absolute atomic E-state index is 13.1. The van der Waals surface area contributed by atoms with Gasteiger partial charge in [0.15, 0.2) is 0 Å². The molecule has 14 heavy (non-hydrogen) atoms. The van der Waals surface area contributed by atoms with E-state index in [1.54, 1.807) is 19.1 Å². The quantitative estimate of drug-likeness (QED) is 0.723. The van der Waals surface area contributed by atoms with E-state index in [0.29, 0.717) is 12.0 Å². The molecule has 0 aromatic heterocycles. The highest BCUT2D eigenvalue weighted by atomic mass is 19.1. The average molecular weight is 194 g/mol. The lowest BCUT2D eigenvalue weighted by Gasteiger charge is -2.05. The molecular weight excluding hydrogens is 179 g/mol. The summed E-state index contributed by atoms with van der Waals surface area (Å²) in [4.78, 5) is 11.4. The summed E-state index contributed by atoms with van der Waals surface area (Å²) >= 11 is 0. The highest BCUT2D eigenvalue weighted by Gasteiger charge is 2.09. The molecule has 0 heterocycles. The molecule has 0 unspecified atom stereocenters. The smallest absolute Gasteiger partial charge is 0.139 e. The summed E-state index contributed by atoms with van der Waals surface area (Å²) in [6.45, 7) is 5.42. The summed E-state index contributed by atoms with van der Waals surface area (Å²) in [5.41, 5.74) is 1.37. The SMILES string of the molecule is Cc1ccc(CC(=O)C(C)C)cc1F. The van der Waals surface area contributed by atoms with Gasteiger partial charge in [-0.2, -0.15) is 0 Å². The van der Waals surface area contributed by atoms with Gasteiger partial charge in [0.05, 0.1) is 0 Å². The van der Waals surface area contributed by atoms with Crippen molar-refractivity contribution < 1.29 is 9.18 Å². The van der Waals surface area contributed by atoms with Gasteiger partial charge in [0.25, 0.3) is 0 Å². The molecule has 0 bridgehead atoms. The maximum Gasteiger partial charge on any atom is 0.139 e. The molecular formula is C12H15FO. The van der Waals surface area contributed by atoms with Crippen LogP contribution < -0.4 is 0 Å². The van der Waals surface area contributed by atoms with Gasteiger partial charge in [-0.25, -0.2) is 4.39 Å². The Hall–Kier alpha value is -1.18. The summed E-state index contributed by atoms with van der Waals surface area (Å²) < 4.78 is 13.1. The van der Waals surface area contributed by atoms with Crippen molar-refractivity contribution in [2.24, 2.45) is 5.92 Å². The number of hydrogen-bond donors (Lipinski definition) is 0. The van der Waals surface area contributed by atoms with E-state index in [-0.39, 0.29) is 17.5 Å². The van der Waals surface area contributed by atoms with Crippen LogP contribution in [0.1, 0.15) is 25.0 Å². The van der Waals surface area contributed by atoms with Crippen LogP contribution in [-0.4, -0.2) is 5.78 Å². The van der Waals surface area contributed by atoms with E-state index in [2.05, 4.69) is 0 Å². The topological polar surface area (TPSA) is 17.1 Å². The second-order valence-corrected chi connectivity index (χ2v) is 3.88. The molecule has 1 aromatic rings. The molecule has 0 N–H and O–H groups in total. The molecule has 0 saturated carbocycles. The predicted molar refractivity (Wildman–Crippen MR) is 54.7 cm³/mol. The van der Waals surface area contributed by atoms with Crippen LogP contribution in [0, 0.1) is 18.7 Å². The van der Waals surface area contributed by atoms with Crippen LogP contribution >= 0.6 is 0 Å². The Morgan fingerprint density at radius 1 is 1.43 bits per heavy atom. The first-order valence-electron chi connectivity index (χ1n) is 4.78. The van der Waals surface area contributed by atoms with Gasteiger partial charge in [-0.1, -0.05) is 26.0 Å². The molecule has 0 radical (unpaired) electrons. The molecule has 0 spiro atoms. The maximum atomic E-state index is 13.1. The van der Waals surface area contributed by atoms with Crippen LogP contribution in [-0.2, 0) is 11.2 Å². The number of ketones is 1. The van der Waals surface area contributed by atoms with Crippen molar-refractivity contribution in [2.75, 3.05) is 0 Å². The van der Waals surface area contributed by atoms with Crippen LogP contribution in [0.3, 0.4) is 0 Å². The summed E-state index contributed by atoms with van der Waals surface area (Å²) in [6, 6.07) is 4.95. The Labute approximate surface area is 83.9 Å². The molecule has 0 atom stereocenters. The van der Waals surface area contributed by atoms with E-state index in [9.17, 15) is 9.18 Å². The number of rotatable bonds is 3. The Kier molecular flexibility index (Phi) is 3.39. The lowest BCUT2D eigenvalue weighted by Crippen LogP contribution is -2.10. The molecule has 0 amide bonds.